The van der Waals surface area contributed by atoms with Crippen molar-refractivity contribution in [2.75, 3.05) is 0 Å². The van der Waals surface area contributed by atoms with Gasteiger partial charge in [-0.2, -0.15) is 4.98 Å². The Kier molecular flexibility index (Phi) is 4.95. The molecule has 0 saturated carbocycles. The molecule has 130 valence electrons. The summed E-state index contributed by atoms with van der Waals surface area (Å²) in [6.45, 7) is 5.83. The van der Waals surface area contributed by atoms with Gasteiger partial charge in [-0.05, 0) is 24.5 Å². The van der Waals surface area contributed by atoms with Crippen molar-refractivity contribution in [1.82, 2.24) is 19.5 Å². The fourth-order valence-corrected chi connectivity index (χ4v) is 3.53. The SMILES string of the molecule is Cc1ccnc(C(C)C)c1-n1c(=O)nc(Cl)c2c(Cl)c(Cl)c(Cl)nc21. The highest BCUT2D eigenvalue weighted by Gasteiger charge is 2.22. The summed E-state index contributed by atoms with van der Waals surface area (Å²) in [6, 6.07) is 1.80. The van der Waals surface area contributed by atoms with Crippen molar-refractivity contribution in [1.29, 1.82) is 0 Å². The van der Waals surface area contributed by atoms with Crippen LogP contribution in [-0.4, -0.2) is 19.5 Å². The Hall–Kier alpha value is -1.40. The maximum absolute atomic E-state index is 12.7. The molecule has 3 heterocycles. The number of pyridine rings is 2. The summed E-state index contributed by atoms with van der Waals surface area (Å²) >= 11 is 24.6. The van der Waals surface area contributed by atoms with Gasteiger partial charge in [0.1, 0.15) is 5.15 Å². The summed E-state index contributed by atoms with van der Waals surface area (Å²) < 4.78 is 1.33. The van der Waals surface area contributed by atoms with Crippen molar-refractivity contribution in [2.24, 2.45) is 0 Å². The van der Waals surface area contributed by atoms with Gasteiger partial charge in [0.05, 0.1) is 26.8 Å². The Morgan fingerprint density at radius 3 is 2.36 bits per heavy atom. The summed E-state index contributed by atoms with van der Waals surface area (Å²) in [7, 11) is 0. The summed E-state index contributed by atoms with van der Waals surface area (Å²) in [5.74, 6) is 0.0609. The van der Waals surface area contributed by atoms with E-state index in [4.69, 9.17) is 46.4 Å². The monoisotopic (exact) mass is 416 g/mol. The van der Waals surface area contributed by atoms with E-state index in [0.717, 1.165) is 11.3 Å². The van der Waals surface area contributed by atoms with Gasteiger partial charge in [-0.15, -0.1) is 0 Å². The standard InChI is InChI=1S/C16H12Cl4N4O/c1-6(2)11-12(7(3)4-5-21-11)24-15-8(13(19)23-16(24)25)9(17)10(18)14(20)22-15/h4-6H,1-3H3. The van der Waals surface area contributed by atoms with Crippen LogP contribution in [0.15, 0.2) is 17.1 Å². The number of hydrogen-bond donors (Lipinski definition) is 0. The van der Waals surface area contributed by atoms with Crippen LogP contribution in [0.1, 0.15) is 31.0 Å². The molecule has 0 amide bonds. The minimum atomic E-state index is -0.600. The fourth-order valence-electron chi connectivity index (χ4n) is 2.61. The molecule has 0 saturated heterocycles. The van der Waals surface area contributed by atoms with E-state index in [-0.39, 0.29) is 37.3 Å². The number of aryl methyl sites for hydroxylation is 1. The Labute approximate surface area is 163 Å². The van der Waals surface area contributed by atoms with Gasteiger partial charge in [-0.3, -0.25) is 4.98 Å². The topological polar surface area (TPSA) is 60.7 Å². The van der Waals surface area contributed by atoms with Gasteiger partial charge in [0.2, 0.25) is 0 Å². The van der Waals surface area contributed by atoms with Crippen molar-refractivity contribution < 1.29 is 0 Å². The van der Waals surface area contributed by atoms with E-state index in [1.165, 1.54) is 4.57 Å². The number of aromatic nitrogens is 4. The van der Waals surface area contributed by atoms with E-state index in [9.17, 15) is 4.79 Å². The van der Waals surface area contributed by atoms with Crippen molar-refractivity contribution in [3.63, 3.8) is 0 Å². The average molecular weight is 418 g/mol. The van der Waals surface area contributed by atoms with Gasteiger partial charge in [0.15, 0.2) is 10.8 Å². The van der Waals surface area contributed by atoms with Crippen LogP contribution in [0.4, 0.5) is 0 Å². The smallest absolute Gasteiger partial charge is 0.259 e. The molecule has 0 spiro atoms. The second-order valence-corrected chi connectivity index (χ2v) is 7.24. The van der Waals surface area contributed by atoms with Crippen LogP contribution >= 0.6 is 46.4 Å². The first-order valence-corrected chi connectivity index (χ1v) is 8.83. The lowest BCUT2D eigenvalue weighted by atomic mass is 10.0. The minimum absolute atomic E-state index is 0.0257. The lowest BCUT2D eigenvalue weighted by molar-refractivity contribution is 0.790. The molecule has 0 aliphatic carbocycles. The van der Waals surface area contributed by atoms with Gasteiger partial charge in [-0.25, -0.2) is 14.3 Å². The molecule has 0 aromatic carbocycles. The molecule has 0 bridgehead atoms. The summed E-state index contributed by atoms with van der Waals surface area (Å²) in [5, 5.41) is 0.296. The van der Waals surface area contributed by atoms with E-state index in [1.54, 1.807) is 12.3 Å². The third-order valence-corrected chi connectivity index (χ3v) is 5.24. The van der Waals surface area contributed by atoms with Crippen LogP contribution in [0.3, 0.4) is 0 Å². The van der Waals surface area contributed by atoms with E-state index >= 15 is 0 Å². The third kappa shape index (κ3) is 2.99. The van der Waals surface area contributed by atoms with Crippen molar-refractivity contribution in [2.45, 2.75) is 26.7 Å². The van der Waals surface area contributed by atoms with Gasteiger partial charge in [0.25, 0.3) is 0 Å². The quantitative estimate of drug-likeness (QED) is 0.423. The summed E-state index contributed by atoms with van der Waals surface area (Å²) in [4.78, 5) is 25.2. The van der Waals surface area contributed by atoms with Crippen LogP contribution < -0.4 is 5.69 Å². The lowest BCUT2D eigenvalue weighted by Gasteiger charge is -2.18. The Morgan fingerprint density at radius 2 is 1.72 bits per heavy atom. The number of hydrogen-bond acceptors (Lipinski definition) is 4. The fraction of sp³-hybridized carbons (Fsp3) is 0.250. The normalized spacial score (nSPS) is 11.5. The zero-order valence-electron chi connectivity index (χ0n) is 13.4. The van der Waals surface area contributed by atoms with Crippen LogP contribution in [-0.2, 0) is 0 Å². The highest BCUT2D eigenvalue weighted by Crippen LogP contribution is 2.38. The largest absolute Gasteiger partial charge is 0.355 e. The van der Waals surface area contributed by atoms with Gasteiger partial charge < -0.3 is 0 Å². The number of halogens is 4. The van der Waals surface area contributed by atoms with Crippen molar-refractivity contribution in [3.8, 4) is 5.69 Å². The maximum atomic E-state index is 12.7. The first kappa shape index (κ1) is 18.4. The van der Waals surface area contributed by atoms with Crippen molar-refractivity contribution in [3.05, 3.63) is 54.4 Å². The maximum Gasteiger partial charge on any atom is 0.355 e. The minimum Gasteiger partial charge on any atom is -0.259 e. The molecule has 3 rings (SSSR count). The molecule has 0 aliphatic rings. The molecule has 9 heteroatoms. The van der Waals surface area contributed by atoms with Crippen LogP contribution in [0.2, 0.25) is 20.4 Å². The van der Waals surface area contributed by atoms with Gasteiger partial charge >= 0.3 is 5.69 Å². The Balaban J connectivity index is 2.58. The molecular weight excluding hydrogens is 406 g/mol. The molecule has 3 aromatic rings. The Bertz CT molecular complexity index is 1060. The predicted octanol–water partition coefficient (Wildman–Crippen LogP) is 5.22. The number of rotatable bonds is 2. The molecule has 0 unspecified atom stereocenters. The molecule has 0 atom stereocenters. The second kappa shape index (κ2) is 6.72. The molecule has 0 fully saturated rings. The van der Waals surface area contributed by atoms with E-state index < -0.39 is 5.69 Å². The first-order chi connectivity index (χ1) is 11.7. The van der Waals surface area contributed by atoms with E-state index in [2.05, 4.69) is 15.0 Å². The van der Waals surface area contributed by atoms with Crippen LogP contribution in [0, 0.1) is 6.92 Å². The zero-order valence-corrected chi connectivity index (χ0v) is 16.5. The Morgan fingerprint density at radius 1 is 1.04 bits per heavy atom. The average Bonchev–Trinajstić information content (AvgIpc) is 2.53. The van der Waals surface area contributed by atoms with Crippen LogP contribution in [0.5, 0.6) is 0 Å². The molecule has 3 aromatic heterocycles. The van der Waals surface area contributed by atoms with Crippen LogP contribution in [0.25, 0.3) is 16.7 Å². The van der Waals surface area contributed by atoms with Gasteiger partial charge in [0, 0.05) is 6.20 Å². The third-order valence-electron chi connectivity index (χ3n) is 3.75. The lowest BCUT2D eigenvalue weighted by Crippen LogP contribution is -2.25. The molecule has 25 heavy (non-hydrogen) atoms. The first-order valence-electron chi connectivity index (χ1n) is 7.32. The van der Waals surface area contributed by atoms with Crippen molar-refractivity contribution >= 4 is 57.4 Å². The zero-order chi connectivity index (χ0) is 18.5. The molecular formula is C16H12Cl4N4O. The molecule has 5 nitrogen and oxygen atoms in total. The summed E-state index contributed by atoms with van der Waals surface area (Å²) in [6.07, 6.45) is 1.69. The molecule has 0 N–H and O–H groups in total. The summed E-state index contributed by atoms with van der Waals surface area (Å²) in [5.41, 5.74) is 1.71. The number of nitrogens with zero attached hydrogens (tertiary/aromatic N) is 4. The van der Waals surface area contributed by atoms with E-state index in [0.29, 0.717) is 5.69 Å². The second-order valence-electron chi connectivity index (χ2n) is 5.77. The van der Waals surface area contributed by atoms with E-state index in [1.807, 2.05) is 20.8 Å². The predicted molar refractivity (Wildman–Crippen MR) is 102 cm³/mol. The van der Waals surface area contributed by atoms with Gasteiger partial charge in [-0.1, -0.05) is 60.3 Å². The number of fused-ring (bicyclic) bond motifs is 1. The molecule has 0 aliphatic heterocycles. The highest BCUT2D eigenvalue weighted by molar-refractivity contribution is 6.51. The highest BCUT2D eigenvalue weighted by atomic mass is 35.5. The molecule has 0 radical (unpaired) electrons.